The molecule has 13 heteroatoms. The maximum absolute atomic E-state index is 14.1. The lowest BCUT2D eigenvalue weighted by Crippen LogP contribution is -2.56. The van der Waals surface area contributed by atoms with Gasteiger partial charge in [0.25, 0.3) is 0 Å². The van der Waals surface area contributed by atoms with Gasteiger partial charge in [0, 0.05) is 35.1 Å². The van der Waals surface area contributed by atoms with E-state index in [2.05, 4.69) is 16.0 Å². The van der Waals surface area contributed by atoms with Crippen LogP contribution in [0.25, 0.3) is 22.2 Å². The van der Waals surface area contributed by atoms with E-state index >= 15 is 0 Å². The highest BCUT2D eigenvalue weighted by Crippen LogP contribution is 2.36. The molecule has 0 bridgehead atoms. The number of nitrogens with one attached hydrogen (secondary N) is 3. The molecular weight excluding hydrogens is 692 g/mol. The number of ether oxygens (including phenoxy) is 3. The molecule has 0 saturated heterocycles. The summed E-state index contributed by atoms with van der Waals surface area (Å²) >= 11 is 0. The molecule has 288 valence electrons. The minimum absolute atomic E-state index is 0.0237. The van der Waals surface area contributed by atoms with Crippen LogP contribution in [0.15, 0.2) is 66.2 Å². The molecule has 1 unspecified atom stereocenters. The summed E-state index contributed by atoms with van der Waals surface area (Å²) in [7, 11) is 2.85. The van der Waals surface area contributed by atoms with Crippen LogP contribution in [-0.4, -0.2) is 78.2 Å². The van der Waals surface area contributed by atoms with E-state index in [0.717, 1.165) is 37.7 Å². The van der Waals surface area contributed by atoms with Crippen molar-refractivity contribution >= 4 is 40.6 Å². The van der Waals surface area contributed by atoms with Gasteiger partial charge >= 0.3 is 11.9 Å². The minimum atomic E-state index is -1.20. The van der Waals surface area contributed by atoms with E-state index in [1.165, 1.54) is 7.11 Å². The molecule has 5 rings (SSSR count). The van der Waals surface area contributed by atoms with Gasteiger partial charge in [-0.3, -0.25) is 14.4 Å². The van der Waals surface area contributed by atoms with Gasteiger partial charge in [-0.2, -0.15) is 0 Å². The molecular formula is C41H50N4O9. The van der Waals surface area contributed by atoms with Gasteiger partial charge in [0.15, 0.2) is 0 Å². The molecule has 0 spiro atoms. The molecule has 1 saturated carbocycles. The van der Waals surface area contributed by atoms with Gasteiger partial charge in [0.05, 0.1) is 31.3 Å². The first-order valence-corrected chi connectivity index (χ1v) is 18.6. The fraction of sp³-hybridized carbons (Fsp3) is 0.463. The fourth-order valence-electron chi connectivity index (χ4n) is 7.21. The van der Waals surface area contributed by atoms with E-state index in [9.17, 15) is 29.1 Å². The zero-order chi connectivity index (χ0) is 38.9. The molecule has 5 atom stereocenters. The summed E-state index contributed by atoms with van der Waals surface area (Å²) in [6, 6.07) is 13.7. The number of carboxylic acid groups (broad SMARTS) is 1. The van der Waals surface area contributed by atoms with Crippen LogP contribution >= 0.6 is 0 Å². The molecule has 4 N–H and O–H groups in total. The van der Waals surface area contributed by atoms with Crippen molar-refractivity contribution in [3.05, 3.63) is 66.2 Å². The van der Waals surface area contributed by atoms with Gasteiger partial charge in [0.1, 0.15) is 35.7 Å². The summed E-state index contributed by atoms with van der Waals surface area (Å²) in [4.78, 5) is 71.2. The highest BCUT2D eigenvalue weighted by atomic mass is 16.5. The summed E-state index contributed by atoms with van der Waals surface area (Å²) < 4.78 is 17.0. The smallest absolute Gasteiger partial charge is 0.328 e. The number of methoxy groups -OCH3 is 2. The van der Waals surface area contributed by atoms with E-state index in [4.69, 9.17) is 19.2 Å². The van der Waals surface area contributed by atoms with Crippen LogP contribution in [0, 0.1) is 17.8 Å². The van der Waals surface area contributed by atoms with E-state index in [1.807, 2.05) is 36.4 Å². The van der Waals surface area contributed by atoms with Crippen LogP contribution in [-0.2, 0) is 28.7 Å². The molecule has 1 fully saturated rings. The Morgan fingerprint density at radius 2 is 1.65 bits per heavy atom. The average Bonchev–Trinajstić information content (AvgIpc) is 3.61. The van der Waals surface area contributed by atoms with E-state index in [0.29, 0.717) is 28.1 Å². The first kappa shape index (κ1) is 39.7. The quantitative estimate of drug-likeness (QED) is 0.155. The number of aromatic nitrogens is 1. The third-order valence-corrected chi connectivity index (χ3v) is 10.2. The number of carbonyl (C=O) groups is 5. The number of carbonyl (C=O) groups excluding carboxylic acids is 4. The number of aliphatic carboxylic acids is 1. The van der Waals surface area contributed by atoms with Gasteiger partial charge in [-0.15, -0.1) is 0 Å². The number of nitrogens with zero attached hydrogens (tertiary/aromatic N) is 1. The van der Waals surface area contributed by atoms with Gasteiger partial charge in [-0.1, -0.05) is 70.4 Å². The Morgan fingerprint density at radius 1 is 0.926 bits per heavy atom. The minimum Gasteiger partial charge on any atom is -0.497 e. The second-order valence-corrected chi connectivity index (χ2v) is 14.2. The third kappa shape index (κ3) is 9.36. The number of esters is 1. The highest BCUT2D eigenvalue weighted by molar-refractivity contribution is 6.03. The van der Waals surface area contributed by atoms with Crippen molar-refractivity contribution < 1.29 is 43.3 Å². The number of benzene rings is 2. The maximum atomic E-state index is 14.1. The molecule has 0 radical (unpaired) electrons. The van der Waals surface area contributed by atoms with Crippen LogP contribution in [0.1, 0.15) is 65.7 Å². The Bertz CT molecular complexity index is 1870. The summed E-state index contributed by atoms with van der Waals surface area (Å²) in [6.45, 7) is 5.17. The molecule has 54 heavy (non-hydrogen) atoms. The van der Waals surface area contributed by atoms with Gasteiger partial charge in [-0.25, -0.2) is 14.6 Å². The number of carboxylic acids is 1. The van der Waals surface area contributed by atoms with Gasteiger partial charge in [0.2, 0.25) is 17.7 Å². The molecule has 0 aliphatic heterocycles. The largest absolute Gasteiger partial charge is 0.497 e. The maximum Gasteiger partial charge on any atom is 0.328 e. The Hall–Kier alpha value is -5.46. The van der Waals surface area contributed by atoms with Crippen LogP contribution in [0.5, 0.6) is 11.5 Å². The highest BCUT2D eigenvalue weighted by Gasteiger charge is 2.40. The third-order valence-electron chi connectivity index (χ3n) is 10.2. The monoisotopic (exact) mass is 742 g/mol. The van der Waals surface area contributed by atoms with E-state index < -0.39 is 65.7 Å². The summed E-state index contributed by atoms with van der Waals surface area (Å²) in [5.74, 6) is -4.14. The van der Waals surface area contributed by atoms with Crippen molar-refractivity contribution in [1.82, 2.24) is 20.9 Å². The zero-order valence-electron chi connectivity index (χ0n) is 31.4. The second-order valence-electron chi connectivity index (χ2n) is 14.2. The lowest BCUT2D eigenvalue weighted by Gasteiger charge is -2.31. The Labute approximate surface area is 315 Å². The molecule has 13 nitrogen and oxygen atoms in total. The first-order valence-electron chi connectivity index (χ1n) is 18.6. The van der Waals surface area contributed by atoms with Crippen LogP contribution in [0.4, 0.5) is 0 Å². The van der Waals surface area contributed by atoms with Gasteiger partial charge < -0.3 is 35.3 Å². The van der Waals surface area contributed by atoms with Crippen molar-refractivity contribution in [2.75, 3.05) is 14.2 Å². The Kier molecular flexibility index (Phi) is 13.3. The van der Waals surface area contributed by atoms with Crippen molar-refractivity contribution in [2.45, 2.75) is 89.9 Å². The Morgan fingerprint density at radius 3 is 2.28 bits per heavy atom. The topological polar surface area (TPSA) is 182 Å². The summed E-state index contributed by atoms with van der Waals surface area (Å²) in [5.41, 5.74) is 2.13. The summed E-state index contributed by atoms with van der Waals surface area (Å²) in [5, 5.41) is 18.6. The van der Waals surface area contributed by atoms with Crippen molar-refractivity contribution in [3.63, 3.8) is 0 Å². The molecule has 1 aromatic heterocycles. The molecule has 3 amide bonds. The lowest BCUT2D eigenvalue weighted by molar-refractivity contribution is -0.147. The fourth-order valence-corrected chi connectivity index (χ4v) is 7.21. The number of amides is 3. The number of hydrogen-bond acceptors (Lipinski definition) is 9. The molecule has 2 aliphatic rings. The van der Waals surface area contributed by atoms with E-state index in [1.54, 1.807) is 52.2 Å². The molecule has 3 aromatic rings. The van der Waals surface area contributed by atoms with Crippen molar-refractivity contribution in [1.29, 1.82) is 0 Å². The number of rotatable bonds is 15. The standard InChI is InChI=1S/C41H50N4O9/c1-6-31(40(49)50)43-37(46)29-19-27(54-34-22-32(24-13-9-7-10-14-24)42-33-21-26(52-4)17-18-28(33)34)20-30(29)38(47)44-35(23(2)3)39(48)45-36(41(51)53-5)25-15-11-8-12-16-25/h7,9-10,13-14,17-18,20-23,25,27,29,31,35-36H,6,8,11-12,15-16,19H2,1-5H3,(H,43,46)(H,44,47)(H,45,48)(H,49,50)/t27-,29-,31-,35+,36?/m0/s1. The zero-order valence-corrected chi connectivity index (χ0v) is 31.4. The van der Waals surface area contributed by atoms with Crippen molar-refractivity contribution in [2.24, 2.45) is 17.8 Å². The predicted molar refractivity (Wildman–Crippen MR) is 201 cm³/mol. The van der Waals surface area contributed by atoms with Crippen LogP contribution in [0.3, 0.4) is 0 Å². The van der Waals surface area contributed by atoms with E-state index in [-0.39, 0.29) is 24.3 Å². The first-order chi connectivity index (χ1) is 25.9. The number of fused-ring (bicyclic) bond motifs is 1. The average molecular weight is 743 g/mol. The molecule has 1 heterocycles. The SMILES string of the molecule is CC[C@H](NC(=O)[C@H]1C[C@H](Oc2cc(-c3ccccc3)nc3cc(OC)ccc23)C=C1C(=O)N[C@@H](C(=O)NC(C(=O)OC)C1CCCCC1)C(C)C)C(=O)O. The molecule has 2 aliphatic carbocycles. The number of hydrogen-bond donors (Lipinski definition) is 4. The van der Waals surface area contributed by atoms with Crippen LogP contribution < -0.4 is 25.4 Å². The van der Waals surface area contributed by atoms with Crippen LogP contribution in [0.2, 0.25) is 0 Å². The lowest BCUT2D eigenvalue weighted by atomic mass is 9.83. The Balaban J connectivity index is 1.46. The second kappa shape index (κ2) is 18.0. The predicted octanol–water partition coefficient (Wildman–Crippen LogP) is 4.96. The van der Waals surface area contributed by atoms with Crippen molar-refractivity contribution in [3.8, 4) is 22.8 Å². The van der Waals surface area contributed by atoms with Gasteiger partial charge in [-0.05, 0) is 49.3 Å². The summed E-state index contributed by atoms with van der Waals surface area (Å²) in [6.07, 6.45) is 5.40. The molecule has 2 aromatic carbocycles. The normalized spacial score (nSPS) is 18.9. The number of pyridine rings is 1.